The maximum Gasteiger partial charge on any atom is 0.167 e. The number of rotatable bonds is 4. The molecule has 23 heavy (non-hydrogen) atoms. The van der Waals surface area contributed by atoms with E-state index in [1.54, 1.807) is 48.3 Å². The Morgan fingerprint density at radius 1 is 1.22 bits per heavy atom. The molecule has 1 N–H and O–H groups in total. The number of hydrogen-bond acceptors (Lipinski definition) is 3. The van der Waals surface area contributed by atoms with Gasteiger partial charge in [0.1, 0.15) is 11.6 Å². The molecule has 1 heterocycles. The van der Waals surface area contributed by atoms with Gasteiger partial charge in [0, 0.05) is 30.8 Å². The van der Waals surface area contributed by atoms with Crippen molar-refractivity contribution in [3.63, 3.8) is 0 Å². The number of carbonyl (C=O) groups is 1. The molecule has 0 unspecified atom stereocenters. The molecule has 116 valence electrons. The summed E-state index contributed by atoms with van der Waals surface area (Å²) in [6.07, 6.45) is 1.77. The van der Waals surface area contributed by atoms with Gasteiger partial charge in [-0.3, -0.25) is 9.48 Å². The molecule has 0 aliphatic rings. The first-order valence-corrected chi connectivity index (χ1v) is 7.13. The fourth-order valence-corrected chi connectivity index (χ4v) is 2.49. The van der Waals surface area contributed by atoms with E-state index < -0.39 is 5.82 Å². The second kappa shape index (κ2) is 6.04. The molecule has 0 bridgehead atoms. The van der Waals surface area contributed by atoms with Crippen molar-refractivity contribution in [2.45, 2.75) is 6.42 Å². The number of ketones is 1. The molecule has 0 saturated heterocycles. The Labute approximate surface area is 132 Å². The van der Waals surface area contributed by atoms with Crippen molar-refractivity contribution in [1.82, 2.24) is 9.78 Å². The summed E-state index contributed by atoms with van der Waals surface area (Å²) >= 11 is 0. The van der Waals surface area contributed by atoms with Crippen LogP contribution < -0.4 is 0 Å². The highest BCUT2D eigenvalue weighted by atomic mass is 19.1. The summed E-state index contributed by atoms with van der Waals surface area (Å²) in [5.74, 6) is -0.487. The van der Waals surface area contributed by atoms with Crippen molar-refractivity contribution in [3.8, 4) is 17.0 Å². The molecule has 0 radical (unpaired) electrons. The van der Waals surface area contributed by atoms with Crippen LogP contribution in [0.25, 0.3) is 11.3 Å². The van der Waals surface area contributed by atoms with E-state index in [2.05, 4.69) is 5.10 Å². The highest BCUT2D eigenvalue weighted by molar-refractivity contribution is 5.97. The largest absolute Gasteiger partial charge is 0.507 e. The second-order valence-electron chi connectivity index (χ2n) is 5.30. The number of phenols is 1. The number of halogens is 1. The van der Waals surface area contributed by atoms with Crippen LogP contribution in [-0.4, -0.2) is 20.7 Å². The van der Waals surface area contributed by atoms with Gasteiger partial charge in [0.2, 0.25) is 0 Å². The number of benzene rings is 2. The van der Waals surface area contributed by atoms with E-state index in [-0.39, 0.29) is 18.0 Å². The maximum absolute atomic E-state index is 13.2. The van der Waals surface area contributed by atoms with Crippen molar-refractivity contribution >= 4 is 5.78 Å². The van der Waals surface area contributed by atoms with Crippen LogP contribution in [0.15, 0.2) is 54.7 Å². The second-order valence-corrected chi connectivity index (χ2v) is 5.30. The standard InChI is InChI=1S/C18H15FN2O2/c1-21-16(7-8-20-21)15-9-12(5-6-17(15)22)10-18(23)13-3-2-4-14(19)11-13/h2-9,11,22H,10H2,1H3. The van der Waals surface area contributed by atoms with Crippen LogP contribution in [0, 0.1) is 5.82 Å². The SMILES string of the molecule is Cn1nccc1-c1cc(CC(=O)c2cccc(F)c2)ccc1O. The molecule has 0 fully saturated rings. The van der Waals surface area contributed by atoms with Gasteiger partial charge >= 0.3 is 0 Å². The number of aryl methyl sites for hydroxylation is 1. The fraction of sp³-hybridized carbons (Fsp3) is 0.111. The van der Waals surface area contributed by atoms with Crippen LogP contribution in [0.1, 0.15) is 15.9 Å². The lowest BCUT2D eigenvalue weighted by Gasteiger charge is -2.08. The third-order valence-corrected chi connectivity index (χ3v) is 3.67. The minimum absolute atomic E-state index is 0.121. The number of Topliss-reactive ketones (excluding diaryl/α,β-unsaturated/α-hetero) is 1. The Bertz CT molecular complexity index is 871. The highest BCUT2D eigenvalue weighted by Gasteiger charge is 2.12. The Balaban J connectivity index is 1.90. The van der Waals surface area contributed by atoms with Gasteiger partial charge in [0.15, 0.2) is 5.78 Å². The minimum atomic E-state index is -0.433. The van der Waals surface area contributed by atoms with Gasteiger partial charge < -0.3 is 5.11 Å². The fourth-order valence-electron chi connectivity index (χ4n) is 2.49. The number of carbonyl (C=O) groups excluding carboxylic acids is 1. The summed E-state index contributed by atoms with van der Waals surface area (Å²) < 4.78 is 14.9. The molecule has 1 aromatic heterocycles. The van der Waals surface area contributed by atoms with E-state index in [1.807, 2.05) is 0 Å². The van der Waals surface area contributed by atoms with Crippen molar-refractivity contribution in [2.24, 2.45) is 7.05 Å². The minimum Gasteiger partial charge on any atom is -0.507 e. The topological polar surface area (TPSA) is 55.1 Å². The monoisotopic (exact) mass is 310 g/mol. The third kappa shape index (κ3) is 3.13. The maximum atomic E-state index is 13.2. The van der Waals surface area contributed by atoms with Crippen LogP contribution in [0.2, 0.25) is 0 Å². The van der Waals surface area contributed by atoms with Gasteiger partial charge in [-0.25, -0.2) is 4.39 Å². The Kier molecular flexibility index (Phi) is 3.93. The summed E-state index contributed by atoms with van der Waals surface area (Å²) in [6.45, 7) is 0. The van der Waals surface area contributed by atoms with Crippen LogP contribution in [-0.2, 0) is 13.5 Å². The number of aromatic hydroxyl groups is 1. The van der Waals surface area contributed by atoms with Gasteiger partial charge in [0.25, 0.3) is 0 Å². The van der Waals surface area contributed by atoms with E-state index in [4.69, 9.17) is 0 Å². The average Bonchev–Trinajstić information content (AvgIpc) is 2.95. The molecule has 0 aliphatic carbocycles. The van der Waals surface area contributed by atoms with Crippen LogP contribution in [0.3, 0.4) is 0 Å². The number of phenolic OH excluding ortho intramolecular Hbond substituents is 1. The average molecular weight is 310 g/mol. The molecule has 3 rings (SSSR count). The lowest BCUT2D eigenvalue weighted by atomic mass is 10.00. The lowest BCUT2D eigenvalue weighted by molar-refractivity contribution is 0.0992. The molecule has 3 aromatic rings. The lowest BCUT2D eigenvalue weighted by Crippen LogP contribution is -2.04. The Morgan fingerprint density at radius 2 is 2.04 bits per heavy atom. The van der Waals surface area contributed by atoms with Crippen molar-refractivity contribution in [2.75, 3.05) is 0 Å². The van der Waals surface area contributed by atoms with Crippen LogP contribution >= 0.6 is 0 Å². The Morgan fingerprint density at radius 3 is 2.74 bits per heavy atom. The number of aromatic nitrogens is 2. The van der Waals surface area contributed by atoms with Crippen LogP contribution in [0.4, 0.5) is 4.39 Å². The predicted octanol–water partition coefficient (Wildman–Crippen LogP) is 3.36. The van der Waals surface area contributed by atoms with E-state index in [1.165, 1.54) is 18.2 Å². The number of nitrogens with zero attached hydrogens (tertiary/aromatic N) is 2. The predicted molar refractivity (Wildman–Crippen MR) is 84.7 cm³/mol. The Hall–Kier alpha value is -2.95. The van der Waals surface area contributed by atoms with Crippen molar-refractivity contribution < 1.29 is 14.3 Å². The summed E-state index contributed by atoms with van der Waals surface area (Å²) in [4.78, 5) is 12.3. The first-order valence-electron chi connectivity index (χ1n) is 7.13. The van der Waals surface area contributed by atoms with E-state index in [0.29, 0.717) is 11.1 Å². The first kappa shape index (κ1) is 15.0. The quantitative estimate of drug-likeness (QED) is 0.752. The van der Waals surface area contributed by atoms with E-state index in [0.717, 1.165) is 11.3 Å². The van der Waals surface area contributed by atoms with Gasteiger partial charge in [-0.05, 0) is 35.9 Å². The molecule has 0 atom stereocenters. The molecule has 4 nitrogen and oxygen atoms in total. The zero-order valence-corrected chi connectivity index (χ0v) is 12.5. The van der Waals surface area contributed by atoms with Gasteiger partial charge in [0.05, 0.1) is 5.69 Å². The van der Waals surface area contributed by atoms with Gasteiger partial charge in [-0.2, -0.15) is 5.10 Å². The molecule has 0 amide bonds. The number of hydrogen-bond donors (Lipinski definition) is 1. The zero-order valence-electron chi connectivity index (χ0n) is 12.5. The molecule has 0 saturated carbocycles. The molecular weight excluding hydrogens is 295 g/mol. The molecule has 0 spiro atoms. The summed E-state index contributed by atoms with van der Waals surface area (Å²) in [7, 11) is 1.78. The molecule has 5 heteroatoms. The van der Waals surface area contributed by atoms with Crippen LogP contribution in [0.5, 0.6) is 5.75 Å². The first-order chi connectivity index (χ1) is 11.0. The van der Waals surface area contributed by atoms with Gasteiger partial charge in [-0.15, -0.1) is 0 Å². The van der Waals surface area contributed by atoms with Crippen molar-refractivity contribution in [3.05, 3.63) is 71.7 Å². The third-order valence-electron chi connectivity index (χ3n) is 3.67. The van der Waals surface area contributed by atoms with E-state index in [9.17, 15) is 14.3 Å². The molecule has 0 aliphatic heterocycles. The smallest absolute Gasteiger partial charge is 0.167 e. The molecular formula is C18H15FN2O2. The van der Waals surface area contributed by atoms with Gasteiger partial charge in [-0.1, -0.05) is 18.2 Å². The molecule has 2 aromatic carbocycles. The summed E-state index contributed by atoms with van der Waals surface area (Å²) in [5, 5.41) is 14.1. The van der Waals surface area contributed by atoms with Crippen molar-refractivity contribution in [1.29, 1.82) is 0 Å². The normalized spacial score (nSPS) is 10.7. The zero-order chi connectivity index (χ0) is 16.4. The summed E-state index contributed by atoms with van der Waals surface area (Å²) in [5.41, 5.74) is 2.44. The van der Waals surface area contributed by atoms with E-state index >= 15 is 0 Å². The summed E-state index contributed by atoms with van der Waals surface area (Å²) in [6, 6.07) is 12.4. The highest BCUT2D eigenvalue weighted by Crippen LogP contribution is 2.29.